The fourth-order valence-corrected chi connectivity index (χ4v) is 2.36. The van der Waals surface area contributed by atoms with Crippen molar-refractivity contribution in [2.75, 3.05) is 19.6 Å². The molecule has 5 nitrogen and oxygen atoms in total. The molecular formula is C18H27N3O2. The Kier molecular flexibility index (Phi) is 5.66. The van der Waals surface area contributed by atoms with Crippen molar-refractivity contribution in [2.24, 2.45) is 0 Å². The summed E-state index contributed by atoms with van der Waals surface area (Å²) in [5.41, 5.74) is 1.91. The number of fused-ring (bicyclic) bond motifs is 1. The topological polar surface area (TPSA) is 57.4 Å². The molecule has 23 heavy (non-hydrogen) atoms. The summed E-state index contributed by atoms with van der Waals surface area (Å²) in [5.74, 6) is 0. The maximum Gasteiger partial charge on any atom is 0.410 e. The highest BCUT2D eigenvalue weighted by Gasteiger charge is 2.20. The van der Waals surface area contributed by atoms with Crippen LogP contribution in [0.15, 0.2) is 30.5 Å². The number of benzene rings is 1. The van der Waals surface area contributed by atoms with E-state index in [1.807, 2.05) is 33.9 Å². The van der Waals surface area contributed by atoms with E-state index in [0.29, 0.717) is 13.1 Å². The average molecular weight is 317 g/mol. The van der Waals surface area contributed by atoms with Gasteiger partial charge in [-0.2, -0.15) is 0 Å². The molecule has 1 aromatic carbocycles. The highest BCUT2D eigenvalue weighted by Crippen LogP contribution is 2.14. The lowest BCUT2D eigenvalue weighted by molar-refractivity contribution is 0.0262. The van der Waals surface area contributed by atoms with Crippen molar-refractivity contribution >= 4 is 17.0 Å². The smallest absolute Gasteiger partial charge is 0.410 e. The third-order valence-electron chi connectivity index (χ3n) is 3.54. The van der Waals surface area contributed by atoms with Crippen LogP contribution in [0.2, 0.25) is 0 Å². The first-order chi connectivity index (χ1) is 10.9. The van der Waals surface area contributed by atoms with Crippen molar-refractivity contribution in [3.05, 3.63) is 36.0 Å². The average Bonchev–Trinajstić information content (AvgIpc) is 2.92. The molecule has 0 aliphatic rings. The van der Waals surface area contributed by atoms with E-state index >= 15 is 0 Å². The molecule has 0 aliphatic heterocycles. The number of nitrogens with zero attached hydrogens (tertiary/aromatic N) is 1. The van der Waals surface area contributed by atoms with Crippen molar-refractivity contribution in [1.29, 1.82) is 0 Å². The van der Waals surface area contributed by atoms with Crippen LogP contribution in [0.1, 0.15) is 33.3 Å². The van der Waals surface area contributed by atoms with E-state index in [1.165, 1.54) is 10.9 Å². The van der Waals surface area contributed by atoms with E-state index in [2.05, 4.69) is 34.6 Å². The van der Waals surface area contributed by atoms with Gasteiger partial charge in [0.2, 0.25) is 0 Å². The van der Waals surface area contributed by atoms with Gasteiger partial charge in [-0.3, -0.25) is 0 Å². The second-order valence-electron chi connectivity index (χ2n) is 6.64. The number of aromatic nitrogens is 1. The number of carbonyl (C=O) groups excluding carboxylic acids is 1. The number of nitrogens with one attached hydrogen (secondary N) is 2. The third kappa shape index (κ3) is 5.28. The van der Waals surface area contributed by atoms with Crippen LogP contribution in [0.4, 0.5) is 4.79 Å². The zero-order chi connectivity index (χ0) is 16.9. The zero-order valence-electron chi connectivity index (χ0n) is 14.5. The Balaban J connectivity index is 1.77. The highest BCUT2D eigenvalue weighted by molar-refractivity contribution is 5.79. The van der Waals surface area contributed by atoms with Crippen LogP contribution in [0.5, 0.6) is 0 Å². The first-order valence-corrected chi connectivity index (χ1v) is 8.13. The molecule has 2 rings (SSSR count). The Morgan fingerprint density at radius 1 is 1.30 bits per heavy atom. The first kappa shape index (κ1) is 17.3. The molecule has 0 spiro atoms. The van der Waals surface area contributed by atoms with E-state index in [0.717, 1.165) is 18.6 Å². The molecular weight excluding hydrogens is 290 g/mol. The standard InChI is InChI=1S/C18H27N3O2/c1-5-21(17(22)23-18(2,3)4)11-10-19-13-14-6-7-15-8-9-20-16(15)12-14/h6-9,12,19-20H,5,10-11,13H2,1-4H3. The second kappa shape index (κ2) is 7.51. The molecule has 1 aromatic heterocycles. The zero-order valence-corrected chi connectivity index (χ0v) is 14.5. The van der Waals surface area contributed by atoms with Gasteiger partial charge >= 0.3 is 6.09 Å². The number of likely N-dealkylation sites (N-methyl/N-ethyl adjacent to an activating group) is 1. The summed E-state index contributed by atoms with van der Waals surface area (Å²) in [6.45, 7) is 10.4. The second-order valence-corrected chi connectivity index (χ2v) is 6.64. The monoisotopic (exact) mass is 317 g/mol. The summed E-state index contributed by atoms with van der Waals surface area (Å²) in [6, 6.07) is 8.44. The Hall–Kier alpha value is -2.01. The lowest BCUT2D eigenvalue weighted by atomic mass is 10.1. The molecule has 0 radical (unpaired) electrons. The minimum absolute atomic E-state index is 0.255. The Morgan fingerprint density at radius 3 is 2.78 bits per heavy atom. The predicted octanol–water partition coefficient (Wildman–Crippen LogP) is 3.51. The normalized spacial score (nSPS) is 11.7. The molecule has 2 N–H and O–H groups in total. The summed E-state index contributed by atoms with van der Waals surface area (Å²) in [5, 5.41) is 4.60. The van der Waals surface area contributed by atoms with Crippen molar-refractivity contribution < 1.29 is 9.53 Å². The number of hydrogen-bond acceptors (Lipinski definition) is 3. The van der Waals surface area contributed by atoms with Gasteiger partial charge in [-0.05, 0) is 50.8 Å². The molecule has 1 amide bonds. The molecule has 0 atom stereocenters. The number of hydrogen-bond donors (Lipinski definition) is 2. The first-order valence-electron chi connectivity index (χ1n) is 8.13. The summed E-state index contributed by atoms with van der Waals surface area (Å²) >= 11 is 0. The third-order valence-corrected chi connectivity index (χ3v) is 3.54. The molecule has 0 saturated heterocycles. The van der Waals surface area contributed by atoms with Crippen LogP contribution in [-0.2, 0) is 11.3 Å². The minimum atomic E-state index is -0.455. The van der Waals surface area contributed by atoms with Gasteiger partial charge in [-0.1, -0.05) is 12.1 Å². The van der Waals surface area contributed by atoms with Crippen molar-refractivity contribution in [3.63, 3.8) is 0 Å². The largest absolute Gasteiger partial charge is 0.444 e. The molecule has 0 aliphatic carbocycles. The highest BCUT2D eigenvalue weighted by atomic mass is 16.6. The van der Waals surface area contributed by atoms with Crippen LogP contribution in [0.3, 0.4) is 0 Å². The molecule has 126 valence electrons. The van der Waals surface area contributed by atoms with Gasteiger partial charge in [-0.15, -0.1) is 0 Å². The number of ether oxygens (including phenoxy) is 1. The molecule has 0 unspecified atom stereocenters. The van der Waals surface area contributed by atoms with Crippen LogP contribution >= 0.6 is 0 Å². The maximum absolute atomic E-state index is 12.0. The van der Waals surface area contributed by atoms with Gasteiger partial charge in [0.25, 0.3) is 0 Å². The van der Waals surface area contributed by atoms with Crippen LogP contribution in [-0.4, -0.2) is 41.2 Å². The molecule has 0 saturated carbocycles. The summed E-state index contributed by atoms with van der Waals surface area (Å²) < 4.78 is 5.40. The van der Waals surface area contributed by atoms with Crippen molar-refractivity contribution in [3.8, 4) is 0 Å². The molecule has 5 heteroatoms. The lowest BCUT2D eigenvalue weighted by Gasteiger charge is -2.26. The fraction of sp³-hybridized carbons (Fsp3) is 0.500. The molecule has 1 heterocycles. The molecule has 0 bridgehead atoms. The maximum atomic E-state index is 12.0. The Morgan fingerprint density at radius 2 is 2.09 bits per heavy atom. The summed E-state index contributed by atoms with van der Waals surface area (Å²) in [6.07, 6.45) is 1.69. The van der Waals surface area contributed by atoms with Gasteiger partial charge < -0.3 is 19.9 Å². The fourth-order valence-electron chi connectivity index (χ4n) is 2.36. The van der Waals surface area contributed by atoms with Gasteiger partial charge in [-0.25, -0.2) is 4.79 Å². The van der Waals surface area contributed by atoms with E-state index < -0.39 is 5.60 Å². The van der Waals surface area contributed by atoms with Gasteiger partial charge in [0, 0.05) is 37.9 Å². The SMILES string of the molecule is CCN(CCNCc1ccc2cc[nH]c2c1)C(=O)OC(C)(C)C. The van der Waals surface area contributed by atoms with Gasteiger partial charge in [0.15, 0.2) is 0 Å². The molecule has 0 fully saturated rings. The van der Waals surface area contributed by atoms with Gasteiger partial charge in [0.1, 0.15) is 5.60 Å². The van der Waals surface area contributed by atoms with Crippen LogP contribution < -0.4 is 5.32 Å². The van der Waals surface area contributed by atoms with E-state index in [1.54, 1.807) is 4.90 Å². The number of aromatic amines is 1. The van der Waals surface area contributed by atoms with Crippen LogP contribution in [0.25, 0.3) is 10.9 Å². The predicted molar refractivity (Wildman–Crippen MR) is 93.5 cm³/mol. The van der Waals surface area contributed by atoms with E-state index in [9.17, 15) is 4.79 Å². The van der Waals surface area contributed by atoms with Crippen molar-refractivity contribution in [1.82, 2.24) is 15.2 Å². The Labute approximate surface area is 138 Å². The summed E-state index contributed by atoms with van der Waals surface area (Å²) in [4.78, 5) is 17.0. The number of carbonyl (C=O) groups is 1. The van der Waals surface area contributed by atoms with E-state index in [4.69, 9.17) is 4.74 Å². The quantitative estimate of drug-likeness (QED) is 0.802. The van der Waals surface area contributed by atoms with Crippen LogP contribution in [0, 0.1) is 0 Å². The lowest BCUT2D eigenvalue weighted by Crippen LogP contribution is -2.40. The van der Waals surface area contributed by atoms with Gasteiger partial charge in [0.05, 0.1) is 0 Å². The number of amides is 1. The van der Waals surface area contributed by atoms with E-state index in [-0.39, 0.29) is 6.09 Å². The number of H-pyrrole nitrogens is 1. The number of rotatable bonds is 6. The minimum Gasteiger partial charge on any atom is -0.444 e. The van der Waals surface area contributed by atoms with Crippen molar-refractivity contribution in [2.45, 2.75) is 39.8 Å². The summed E-state index contributed by atoms with van der Waals surface area (Å²) in [7, 11) is 0. The Bertz CT molecular complexity index is 643. The molecule has 2 aromatic rings.